The van der Waals surface area contributed by atoms with Gasteiger partial charge in [-0.25, -0.2) is 4.39 Å². The molecule has 1 aliphatic rings. The second-order valence-corrected chi connectivity index (χ2v) is 5.17. The van der Waals surface area contributed by atoms with E-state index in [4.69, 9.17) is 10.5 Å². The van der Waals surface area contributed by atoms with Crippen molar-refractivity contribution in [3.05, 3.63) is 47.5 Å². The number of aromatic nitrogens is 2. The highest BCUT2D eigenvalue weighted by molar-refractivity contribution is 5.39. The van der Waals surface area contributed by atoms with Crippen LogP contribution < -0.4 is 10.5 Å². The normalized spacial score (nSPS) is 21.4. The molecule has 2 N–H and O–H groups in total. The Bertz CT molecular complexity index is 611. The lowest BCUT2D eigenvalue weighted by molar-refractivity contribution is 0.160. The molecule has 2 heterocycles. The summed E-state index contributed by atoms with van der Waals surface area (Å²) in [6.45, 7) is 2.98. The molecule has 4 nitrogen and oxygen atoms in total. The summed E-state index contributed by atoms with van der Waals surface area (Å²) in [6.07, 6.45) is 5.32. The second kappa shape index (κ2) is 5.25. The van der Waals surface area contributed by atoms with E-state index in [9.17, 15) is 4.39 Å². The minimum absolute atomic E-state index is 0.140. The third-order valence-electron chi connectivity index (χ3n) is 3.59. The largest absolute Gasteiger partial charge is 0.485 e. The Balaban J connectivity index is 1.86. The van der Waals surface area contributed by atoms with E-state index in [2.05, 4.69) is 12.0 Å². The number of hydrogen-bond acceptors (Lipinski definition) is 3. The molecular weight excluding hydrogens is 257 g/mol. The Hall–Kier alpha value is -1.88. The van der Waals surface area contributed by atoms with Gasteiger partial charge in [-0.3, -0.25) is 4.68 Å². The van der Waals surface area contributed by atoms with Crippen LogP contribution in [0, 0.1) is 5.82 Å². The summed E-state index contributed by atoms with van der Waals surface area (Å²) in [5.41, 5.74) is 8.01. The lowest BCUT2D eigenvalue weighted by Gasteiger charge is -2.29. The summed E-state index contributed by atoms with van der Waals surface area (Å²) in [4.78, 5) is 0. The van der Waals surface area contributed by atoms with Crippen LogP contribution in [-0.2, 0) is 6.54 Å². The van der Waals surface area contributed by atoms with Gasteiger partial charge in [0.2, 0.25) is 0 Å². The molecule has 0 fully saturated rings. The van der Waals surface area contributed by atoms with Crippen molar-refractivity contribution in [1.82, 2.24) is 9.78 Å². The Morgan fingerprint density at radius 3 is 3.15 bits per heavy atom. The highest BCUT2D eigenvalue weighted by Gasteiger charge is 2.28. The van der Waals surface area contributed by atoms with Gasteiger partial charge in [0.05, 0.1) is 6.20 Å². The van der Waals surface area contributed by atoms with Gasteiger partial charge in [0.1, 0.15) is 17.7 Å². The zero-order valence-electron chi connectivity index (χ0n) is 11.4. The van der Waals surface area contributed by atoms with Crippen LogP contribution in [0.1, 0.15) is 43.0 Å². The van der Waals surface area contributed by atoms with Crippen molar-refractivity contribution in [2.75, 3.05) is 0 Å². The van der Waals surface area contributed by atoms with Crippen LogP contribution in [-0.4, -0.2) is 9.78 Å². The Labute approximate surface area is 117 Å². The number of nitrogens with zero attached hydrogens (tertiary/aromatic N) is 2. The zero-order chi connectivity index (χ0) is 14.1. The number of benzene rings is 1. The van der Waals surface area contributed by atoms with Crippen LogP contribution in [0.3, 0.4) is 0 Å². The van der Waals surface area contributed by atoms with E-state index in [0.29, 0.717) is 12.2 Å². The number of aryl methyl sites for hydroxylation is 1. The van der Waals surface area contributed by atoms with Gasteiger partial charge < -0.3 is 10.5 Å². The summed E-state index contributed by atoms with van der Waals surface area (Å²) in [6, 6.07) is 4.38. The van der Waals surface area contributed by atoms with Gasteiger partial charge in [0.25, 0.3) is 0 Å². The van der Waals surface area contributed by atoms with Crippen molar-refractivity contribution in [2.45, 2.75) is 38.5 Å². The van der Waals surface area contributed by atoms with Gasteiger partial charge in [-0.2, -0.15) is 5.10 Å². The van der Waals surface area contributed by atoms with Crippen LogP contribution in [0.4, 0.5) is 4.39 Å². The molecule has 0 aliphatic carbocycles. The average molecular weight is 275 g/mol. The summed E-state index contributed by atoms with van der Waals surface area (Å²) in [5, 5.41) is 4.30. The molecule has 1 aliphatic heterocycles. The maximum atomic E-state index is 13.3. The molecule has 20 heavy (non-hydrogen) atoms. The standard InChI is InChI=1S/C15H18FN3O/c1-2-5-19-9-10(8-18-19)14-7-13(17)12-4-3-11(16)6-15(12)20-14/h3-4,6,8-9,13-14H,2,5,7,17H2,1H3/t13-,14?/m0/s1. The number of rotatable bonds is 3. The van der Waals surface area contributed by atoms with Gasteiger partial charge in [-0.05, 0) is 12.5 Å². The molecule has 0 amide bonds. The van der Waals surface area contributed by atoms with Crippen molar-refractivity contribution in [1.29, 1.82) is 0 Å². The second-order valence-electron chi connectivity index (χ2n) is 5.17. The average Bonchev–Trinajstić information content (AvgIpc) is 2.87. The number of hydrogen-bond donors (Lipinski definition) is 1. The van der Waals surface area contributed by atoms with Gasteiger partial charge >= 0.3 is 0 Å². The first kappa shape index (κ1) is 13.1. The smallest absolute Gasteiger partial charge is 0.129 e. The molecular formula is C15H18FN3O. The van der Waals surface area contributed by atoms with Crippen LogP contribution in [0.5, 0.6) is 5.75 Å². The molecule has 2 aromatic rings. The van der Waals surface area contributed by atoms with E-state index in [1.54, 1.807) is 12.3 Å². The van der Waals surface area contributed by atoms with Gasteiger partial charge in [-0.1, -0.05) is 13.0 Å². The lowest BCUT2D eigenvalue weighted by Crippen LogP contribution is -2.24. The Morgan fingerprint density at radius 2 is 2.35 bits per heavy atom. The molecule has 0 bridgehead atoms. The fraction of sp³-hybridized carbons (Fsp3) is 0.400. The monoisotopic (exact) mass is 275 g/mol. The highest BCUT2D eigenvalue weighted by Crippen LogP contribution is 2.39. The van der Waals surface area contributed by atoms with Crippen LogP contribution in [0.25, 0.3) is 0 Å². The molecule has 106 valence electrons. The summed E-state index contributed by atoms with van der Waals surface area (Å²) < 4.78 is 21.1. The fourth-order valence-corrected chi connectivity index (χ4v) is 2.58. The van der Waals surface area contributed by atoms with E-state index in [0.717, 1.165) is 24.1 Å². The molecule has 1 aromatic carbocycles. The van der Waals surface area contributed by atoms with Crippen molar-refractivity contribution < 1.29 is 9.13 Å². The number of halogens is 1. The third kappa shape index (κ3) is 2.41. The first-order chi connectivity index (χ1) is 9.67. The van der Waals surface area contributed by atoms with Crippen LogP contribution >= 0.6 is 0 Å². The van der Waals surface area contributed by atoms with Crippen molar-refractivity contribution >= 4 is 0 Å². The molecule has 0 saturated carbocycles. The van der Waals surface area contributed by atoms with Crippen molar-refractivity contribution in [3.63, 3.8) is 0 Å². The predicted octanol–water partition coefficient (Wildman–Crippen LogP) is 2.96. The lowest BCUT2D eigenvalue weighted by atomic mass is 9.95. The number of fused-ring (bicyclic) bond motifs is 1. The number of ether oxygens (including phenoxy) is 1. The van der Waals surface area contributed by atoms with Gasteiger partial charge in [-0.15, -0.1) is 0 Å². The molecule has 0 spiro atoms. The SMILES string of the molecule is CCCn1cc(C2C[C@H](N)c3ccc(F)cc3O2)cn1. The highest BCUT2D eigenvalue weighted by atomic mass is 19.1. The molecule has 5 heteroatoms. The van der Waals surface area contributed by atoms with Crippen molar-refractivity contribution in [2.24, 2.45) is 5.73 Å². The molecule has 0 radical (unpaired) electrons. The molecule has 2 atom stereocenters. The molecule has 3 rings (SSSR count). The molecule has 1 aromatic heterocycles. The van der Waals surface area contributed by atoms with E-state index in [1.807, 2.05) is 10.9 Å². The summed E-state index contributed by atoms with van der Waals surface area (Å²) in [5.74, 6) is 0.232. The van der Waals surface area contributed by atoms with E-state index in [1.165, 1.54) is 12.1 Å². The predicted molar refractivity (Wildman–Crippen MR) is 73.8 cm³/mol. The van der Waals surface area contributed by atoms with Gasteiger partial charge in [0, 0.05) is 42.4 Å². The minimum atomic E-state index is -0.307. The topological polar surface area (TPSA) is 53.1 Å². The zero-order valence-corrected chi connectivity index (χ0v) is 11.4. The fourth-order valence-electron chi connectivity index (χ4n) is 2.58. The number of nitrogens with two attached hydrogens (primary N) is 1. The minimum Gasteiger partial charge on any atom is -0.485 e. The summed E-state index contributed by atoms with van der Waals surface area (Å²) in [7, 11) is 0. The van der Waals surface area contributed by atoms with E-state index >= 15 is 0 Å². The van der Waals surface area contributed by atoms with Crippen LogP contribution in [0.15, 0.2) is 30.6 Å². The molecule has 1 unspecified atom stereocenters. The maximum absolute atomic E-state index is 13.3. The van der Waals surface area contributed by atoms with Crippen molar-refractivity contribution in [3.8, 4) is 5.75 Å². The Morgan fingerprint density at radius 1 is 1.50 bits per heavy atom. The van der Waals surface area contributed by atoms with Crippen LogP contribution in [0.2, 0.25) is 0 Å². The third-order valence-corrected chi connectivity index (χ3v) is 3.59. The first-order valence-electron chi connectivity index (χ1n) is 6.91. The first-order valence-corrected chi connectivity index (χ1v) is 6.91. The van der Waals surface area contributed by atoms with Gasteiger partial charge in [0.15, 0.2) is 0 Å². The maximum Gasteiger partial charge on any atom is 0.129 e. The van der Waals surface area contributed by atoms with E-state index in [-0.39, 0.29) is 18.0 Å². The van der Waals surface area contributed by atoms with E-state index < -0.39 is 0 Å². The molecule has 0 saturated heterocycles. The summed E-state index contributed by atoms with van der Waals surface area (Å²) >= 11 is 0. The Kier molecular flexibility index (Phi) is 3.44. The quantitative estimate of drug-likeness (QED) is 0.937.